The van der Waals surface area contributed by atoms with Crippen LogP contribution in [0.1, 0.15) is 69.4 Å². The second-order valence-corrected chi connectivity index (χ2v) is 17.3. The van der Waals surface area contributed by atoms with Gasteiger partial charge in [0.15, 0.2) is 0 Å². The van der Waals surface area contributed by atoms with Crippen LogP contribution in [0.25, 0.3) is 39.2 Å². The molecule has 5 aromatic carbocycles. The Morgan fingerprint density at radius 2 is 0.863 bits per heavy atom. The summed E-state index contributed by atoms with van der Waals surface area (Å²) in [5.41, 5.74) is 13.8. The average molecular weight is 777 g/mol. The normalized spacial score (nSPS) is 13.7. The first-order chi connectivity index (χ1) is 24.5. The van der Waals surface area contributed by atoms with Crippen LogP contribution in [0.4, 0.5) is 0 Å². The van der Waals surface area contributed by atoms with Crippen molar-refractivity contribution in [1.82, 2.24) is 4.98 Å². The topological polar surface area (TPSA) is 37.6 Å². The van der Waals surface area contributed by atoms with Gasteiger partial charge in [-0.05, 0) is 0 Å². The van der Waals surface area contributed by atoms with Gasteiger partial charge in [0.2, 0.25) is 0 Å². The van der Waals surface area contributed by atoms with Crippen molar-refractivity contribution in [2.75, 3.05) is 0 Å². The molecule has 0 bridgehead atoms. The Morgan fingerprint density at radius 3 is 1.33 bits per heavy atom. The van der Waals surface area contributed by atoms with Crippen molar-refractivity contribution in [1.29, 1.82) is 0 Å². The van der Waals surface area contributed by atoms with Crippen molar-refractivity contribution in [2.24, 2.45) is 9.98 Å². The molecule has 51 heavy (non-hydrogen) atoms. The van der Waals surface area contributed by atoms with Crippen molar-refractivity contribution in [2.45, 2.75) is 52.4 Å². The standard InChI is InChI=1S/C47H43IN3/c1-46(2,3)40-25-20-34(21-26-40)32-12-16-37(17-13-32)43-30-48-44(39-24-29-42(49-31-39)36-10-8-7-9-11-36)51-45(50-43)38-18-14-33(15-19-38)35-22-27-41(28-23-35)47(4,5)6/h7-31H,1-6H3/q-1. The molecule has 0 spiro atoms. The molecule has 1 aliphatic rings. The number of aromatic nitrogens is 1. The fraction of sp³-hybridized carbons (Fsp3) is 0.170. The van der Waals surface area contributed by atoms with Crippen LogP contribution in [0.2, 0.25) is 0 Å². The Labute approximate surface area is 313 Å². The van der Waals surface area contributed by atoms with E-state index < -0.39 is 21.2 Å². The van der Waals surface area contributed by atoms with E-state index in [1.165, 1.54) is 33.4 Å². The van der Waals surface area contributed by atoms with Crippen LogP contribution in [-0.4, -0.2) is 14.5 Å². The average Bonchev–Trinajstić information content (AvgIpc) is 3.39. The van der Waals surface area contributed by atoms with Crippen LogP contribution < -0.4 is 21.2 Å². The van der Waals surface area contributed by atoms with E-state index >= 15 is 0 Å². The summed E-state index contributed by atoms with van der Waals surface area (Å²) < 4.78 is 3.35. The Morgan fingerprint density at radius 1 is 0.412 bits per heavy atom. The van der Waals surface area contributed by atoms with Crippen LogP contribution in [0.5, 0.6) is 0 Å². The zero-order chi connectivity index (χ0) is 35.6. The molecule has 6 aromatic rings. The van der Waals surface area contributed by atoms with Crippen LogP contribution in [0, 0.1) is 0 Å². The Balaban J connectivity index is 1.21. The van der Waals surface area contributed by atoms with Crippen LogP contribution >= 0.6 is 0 Å². The summed E-state index contributed by atoms with van der Waals surface area (Å²) in [6.07, 6.45) is 1.96. The van der Waals surface area contributed by atoms with Crippen LogP contribution in [0.15, 0.2) is 160 Å². The summed E-state index contributed by atoms with van der Waals surface area (Å²) >= 11 is -0.598. The second kappa shape index (κ2) is 14.4. The molecular formula is C47H43IN3-. The van der Waals surface area contributed by atoms with Gasteiger partial charge in [0.05, 0.1) is 0 Å². The second-order valence-electron chi connectivity index (χ2n) is 15.0. The van der Waals surface area contributed by atoms with Crippen molar-refractivity contribution in [3.8, 4) is 33.5 Å². The molecule has 3 nitrogen and oxygen atoms in total. The van der Waals surface area contributed by atoms with Crippen LogP contribution in [0.3, 0.4) is 0 Å². The van der Waals surface area contributed by atoms with E-state index in [1.54, 1.807) is 0 Å². The third kappa shape index (κ3) is 8.02. The molecule has 0 aliphatic carbocycles. The number of hydrogen-bond acceptors (Lipinski definition) is 3. The van der Waals surface area contributed by atoms with Gasteiger partial charge in [0.1, 0.15) is 0 Å². The van der Waals surface area contributed by atoms with Crippen molar-refractivity contribution in [3.63, 3.8) is 0 Å². The zero-order valence-electron chi connectivity index (χ0n) is 30.2. The SMILES string of the molecule is CC(C)(C)c1ccc(-c2ccc(C3=C[I-]C(c4ccc(-c5ccccc5)nc4)=NC(c4ccc(-c5ccc(C(C)(C)C)cc5)cc4)=N3)cc2)cc1. The van der Waals surface area contributed by atoms with Crippen LogP contribution in [-0.2, 0) is 10.8 Å². The molecule has 0 unspecified atom stereocenters. The van der Waals surface area contributed by atoms with E-state index in [4.69, 9.17) is 15.0 Å². The molecule has 254 valence electrons. The summed E-state index contributed by atoms with van der Waals surface area (Å²) in [4.78, 5) is 15.3. The molecule has 0 saturated carbocycles. The molecule has 0 fully saturated rings. The summed E-state index contributed by atoms with van der Waals surface area (Å²) in [6, 6.07) is 49.8. The number of rotatable bonds is 6. The molecule has 1 aromatic heterocycles. The number of aliphatic imine (C=N–C) groups is 2. The molecule has 1 aliphatic heterocycles. The Kier molecular flexibility index (Phi) is 9.71. The molecule has 0 radical (unpaired) electrons. The quantitative estimate of drug-likeness (QED) is 0.156. The zero-order valence-corrected chi connectivity index (χ0v) is 32.3. The molecule has 0 amide bonds. The number of nitrogens with zero attached hydrogens (tertiary/aromatic N) is 3. The van der Waals surface area contributed by atoms with Gasteiger partial charge < -0.3 is 0 Å². The third-order valence-electron chi connectivity index (χ3n) is 9.26. The minimum absolute atomic E-state index is 0.124. The van der Waals surface area contributed by atoms with Gasteiger partial charge in [0.25, 0.3) is 0 Å². The monoisotopic (exact) mass is 776 g/mol. The Hall–Kier alpha value is -4.94. The number of hydrogen-bond donors (Lipinski definition) is 0. The van der Waals surface area contributed by atoms with Gasteiger partial charge in [-0.25, -0.2) is 0 Å². The molecule has 7 rings (SSSR count). The Bertz CT molecular complexity index is 2210. The number of amidine groups is 1. The molecule has 0 saturated heterocycles. The molecule has 0 atom stereocenters. The fourth-order valence-electron chi connectivity index (χ4n) is 6.03. The van der Waals surface area contributed by atoms with E-state index in [0.717, 1.165) is 43.2 Å². The number of pyridine rings is 1. The first kappa shape index (κ1) is 34.5. The summed E-state index contributed by atoms with van der Waals surface area (Å²) in [6.45, 7) is 13.5. The molecule has 4 heteroatoms. The van der Waals surface area contributed by atoms with E-state index in [-0.39, 0.29) is 10.8 Å². The maximum atomic E-state index is 5.25. The third-order valence-corrected chi connectivity index (χ3v) is 11.6. The van der Waals surface area contributed by atoms with Gasteiger partial charge in [-0.3, -0.25) is 0 Å². The van der Waals surface area contributed by atoms with Gasteiger partial charge in [-0.15, -0.1) is 0 Å². The predicted octanol–water partition coefficient (Wildman–Crippen LogP) is 8.97. The van der Waals surface area contributed by atoms with Gasteiger partial charge in [-0.1, -0.05) is 20.8 Å². The molecule has 0 N–H and O–H groups in total. The predicted molar refractivity (Wildman–Crippen MR) is 212 cm³/mol. The molecule has 2 heterocycles. The number of halogens is 1. The van der Waals surface area contributed by atoms with Gasteiger partial charge in [0, 0.05) is 0 Å². The van der Waals surface area contributed by atoms with Gasteiger partial charge in [-0.2, -0.15) is 0 Å². The van der Waals surface area contributed by atoms with Crippen molar-refractivity contribution >= 4 is 15.3 Å². The molecular weight excluding hydrogens is 733 g/mol. The summed E-state index contributed by atoms with van der Waals surface area (Å²) in [5.74, 6) is 0.720. The van der Waals surface area contributed by atoms with E-state index in [1.807, 2.05) is 24.4 Å². The van der Waals surface area contributed by atoms with E-state index in [2.05, 4.69) is 167 Å². The minimum atomic E-state index is -0.598. The van der Waals surface area contributed by atoms with Gasteiger partial charge >= 0.3 is 294 Å². The van der Waals surface area contributed by atoms with E-state index in [9.17, 15) is 0 Å². The first-order valence-corrected chi connectivity index (χ1v) is 19.8. The van der Waals surface area contributed by atoms with Crippen molar-refractivity contribution < 1.29 is 21.2 Å². The van der Waals surface area contributed by atoms with Crippen molar-refractivity contribution in [3.05, 3.63) is 178 Å². The summed E-state index contributed by atoms with van der Waals surface area (Å²) in [5, 5.41) is 0. The summed E-state index contributed by atoms with van der Waals surface area (Å²) in [7, 11) is 0. The fourth-order valence-corrected chi connectivity index (χ4v) is 8.17. The number of benzene rings is 5. The maximum absolute atomic E-state index is 5.25. The first-order valence-electron chi connectivity index (χ1n) is 17.5. The van der Waals surface area contributed by atoms with E-state index in [0.29, 0.717) is 0 Å².